The van der Waals surface area contributed by atoms with E-state index in [-0.39, 0.29) is 11.4 Å². The van der Waals surface area contributed by atoms with Crippen LogP contribution in [0.2, 0.25) is 0 Å². The molecule has 1 heterocycles. The van der Waals surface area contributed by atoms with Gasteiger partial charge in [0.25, 0.3) is 0 Å². The summed E-state index contributed by atoms with van der Waals surface area (Å²) in [7, 11) is 0. The molecule has 0 spiro atoms. The van der Waals surface area contributed by atoms with Crippen LogP contribution in [0.25, 0.3) is 0 Å². The van der Waals surface area contributed by atoms with Gasteiger partial charge < -0.3 is 5.32 Å². The van der Waals surface area contributed by atoms with Gasteiger partial charge in [0.1, 0.15) is 5.82 Å². The van der Waals surface area contributed by atoms with Gasteiger partial charge in [-0.15, -0.1) is 0 Å². The van der Waals surface area contributed by atoms with Gasteiger partial charge in [0, 0.05) is 31.2 Å². The average molecular weight is 290 g/mol. The number of benzene rings is 1. The largest absolute Gasteiger partial charge is 0.308 e. The monoisotopic (exact) mass is 290 g/mol. The topological polar surface area (TPSA) is 15.3 Å². The molecule has 1 aromatic rings. The third kappa shape index (κ3) is 3.46. The second kappa shape index (κ2) is 6.05. The minimum Gasteiger partial charge on any atom is -0.308 e. The molecule has 21 heavy (non-hydrogen) atoms. The molecule has 2 aliphatic rings. The quantitative estimate of drug-likeness (QED) is 0.896. The van der Waals surface area contributed by atoms with Crippen molar-refractivity contribution >= 4 is 0 Å². The van der Waals surface area contributed by atoms with Crippen molar-refractivity contribution < 1.29 is 4.39 Å². The zero-order valence-electron chi connectivity index (χ0n) is 13.2. The van der Waals surface area contributed by atoms with E-state index in [2.05, 4.69) is 24.1 Å². The minimum atomic E-state index is -0.123. The lowest BCUT2D eigenvalue weighted by Gasteiger charge is -2.46. The number of nitrogens with zero attached hydrogens (tertiary/aromatic N) is 1. The van der Waals surface area contributed by atoms with Gasteiger partial charge in [0.15, 0.2) is 0 Å². The molecule has 3 rings (SSSR count). The van der Waals surface area contributed by atoms with Crippen molar-refractivity contribution in [3.63, 3.8) is 0 Å². The van der Waals surface area contributed by atoms with Gasteiger partial charge in [-0.2, -0.15) is 0 Å². The van der Waals surface area contributed by atoms with Crippen molar-refractivity contribution in [2.45, 2.75) is 51.1 Å². The molecular formula is C18H27FN2. The molecule has 0 amide bonds. The molecule has 1 N–H and O–H groups in total. The fourth-order valence-electron chi connectivity index (χ4n) is 3.71. The maximum atomic E-state index is 13.3. The van der Waals surface area contributed by atoms with E-state index >= 15 is 0 Å². The molecule has 1 aliphatic carbocycles. The summed E-state index contributed by atoms with van der Waals surface area (Å²) in [4.78, 5) is 2.62. The van der Waals surface area contributed by atoms with Gasteiger partial charge in [-0.3, -0.25) is 4.90 Å². The third-order valence-electron chi connectivity index (χ3n) is 5.32. The normalized spacial score (nSPS) is 30.5. The van der Waals surface area contributed by atoms with Gasteiger partial charge in [0.05, 0.1) is 0 Å². The van der Waals surface area contributed by atoms with Crippen LogP contribution < -0.4 is 5.32 Å². The third-order valence-corrected chi connectivity index (χ3v) is 5.32. The molecule has 1 saturated heterocycles. The lowest BCUT2D eigenvalue weighted by Crippen LogP contribution is -2.64. The molecule has 2 nitrogen and oxygen atoms in total. The Hall–Kier alpha value is -0.930. The first kappa shape index (κ1) is 15.0. The number of hydrogen-bond donors (Lipinski definition) is 1. The van der Waals surface area contributed by atoms with Crippen LogP contribution in [-0.4, -0.2) is 36.1 Å². The molecule has 1 aliphatic heterocycles. The second-order valence-electron chi connectivity index (χ2n) is 6.99. The number of nitrogens with one attached hydrogen (secondary N) is 1. The van der Waals surface area contributed by atoms with E-state index in [9.17, 15) is 4.39 Å². The van der Waals surface area contributed by atoms with Gasteiger partial charge >= 0.3 is 0 Å². The summed E-state index contributed by atoms with van der Waals surface area (Å²) in [6.45, 7) is 7.90. The Morgan fingerprint density at radius 1 is 1.38 bits per heavy atom. The lowest BCUT2D eigenvalue weighted by molar-refractivity contribution is 0.0739. The Balaban J connectivity index is 1.63. The number of rotatable bonds is 5. The maximum Gasteiger partial charge on any atom is 0.123 e. The Kier molecular flexibility index (Phi) is 4.32. The van der Waals surface area contributed by atoms with Crippen LogP contribution in [0.15, 0.2) is 24.3 Å². The number of halogens is 1. The summed E-state index contributed by atoms with van der Waals surface area (Å²) >= 11 is 0. The minimum absolute atomic E-state index is 0.123. The molecular weight excluding hydrogens is 263 g/mol. The van der Waals surface area contributed by atoms with Gasteiger partial charge in [-0.25, -0.2) is 4.39 Å². The molecule has 3 heteroatoms. The van der Waals surface area contributed by atoms with Gasteiger partial charge in [0.2, 0.25) is 0 Å². The van der Waals surface area contributed by atoms with E-state index in [1.807, 2.05) is 12.1 Å². The number of hydrogen-bond acceptors (Lipinski definition) is 2. The molecule has 2 unspecified atom stereocenters. The molecule has 1 saturated carbocycles. The van der Waals surface area contributed by atoms with Crippen LogP contribution >= 0.6 is 0 Å². The van der Waals surface area contributed by atoms with Crippen molar-refractivity contribution in [1.29, 1.82) is 0 Å². The summed E-state index contributed by atoms with van der Waals surface area (Å²) < 4.78 is 13.3. The van der Waals surface area contributed by atoms with Crippen LogP contribution in [0.3, 0.4) is 0 Å². The second-order valence-corrected chi connectivity index (χ2v) is 6.99. The average Bonchev–Trinajstić information content (AvgIpc) is 3.30. The molecule has 0 bridgehead atoms. The first-order valence-electron chi connectivity index (χ1n) is 8.34. The smallest absolute Gasteiger partial charge is 0.123 e. The highest BCUT2D eigenvalue weighted by Crippen LogP contribution is 2.41. The summed E-state index contributed by atoms with van der Waals surface area (Å²) in [6, 6.07) is 7.65. The van der Waals surface area contributed by atoms with E-state index in [4.69, 9.17) is 0 Å². The predicted molar refractivity (Wildman–Crippen MR) is 84.9 cm³/mol. The van der Waals surface area contributed by atoms with E-state index in [1.54, 1.807) is 6.07 Å². The Bertz CT molecular complexity index is 486. The fraction of sp³-hybridized carbons (Fsp3) is 0.667. The fourth-order valence-corrected chi connectivity index (χ4v) is 3.71. The maximum absolute atomic E-state index is 13.3. The molecule has 1 aromatic carbocycles. The summed E-state index contributed by atoms with van der Waals surface area (Å²) in [6.07, 6.45) is 4.86. The van der Waals surface area contributed by atoms with Crippen molar-refractivity contribution in [3.8, 4) is 0 Å². The summed E-state index contributed by atoms with van der Waals surface area (Å²) in [5.41, 5.74) is 1.39. The van der Waals surface area contributed by atoms with Crippen LogP contribution in [0.1, 0.15) is 38.7 Å². The summed E-state index contributed by atoms with van der Waals surface area (Å²) in [5.74, 6) is 0.731. The standard InChI is InChI=1S/C18H27FN2/c1-3-17-12-20-18(2,15-7-8-15)13-21(17)10-9-14-5-4-6-16(19)11-14/h4-6,11,15,17,20H,3,7-10,12-13H2,1-2H3. The Morgan fingerprint density at radius 3 is 2.86 bits per heavy atom. The van der Waals surface area contributed by atoms with Crippen molar-refractivity contribution in [2.24, 2.45) is 5.92 Å². The van der Waals surface area contributed by atoms with Gasteiger partial charge in [-0.1, -0.05) is 19.1 Å². The van der Waals surface area contributed by atoms with Crippen molar-refractivity contribution in [2.75, 3.05) is 19.6 Å². The zero-order valence-corrected chi connectivity index (χ0v) is 13.2. The Morgan fingerprint density at radius 2 is 2.19 bits per heavy atom. The molecule has 0 aromatic heterocycles. The Labute approximate surface area is 127 Å². The first-order chi connectivity index (χ1) is 10.1. The van der Waals surface area contributed by atoms with Crippen LogP contribution in [-0.2, 0) is 6.42 Å². The first-order valence-corrected chi connectivity index (χ1v) is 8.34. The van der Waals surface area contributed by atoms with Gasteiger partial charge in [-0.05, 0) is 56.2 Å². The highest BCUT2D eigenvalue weighted by atomic mass is 19.1. The number of piperazine rings is 1. The van der Waals surface area contributed by atoms with Crippen LogP contribution in [0.5, 0.6) is 0 Å². The molecule has 2 fully saturated rings. The highest BCUT2D eigenvalue weighted by molar-refractivity contribution is 5.17. The molecule has 116 valence electrons. The van der Waals surface area contributed by atoms with E-state index in [0.717, 1.165) is 37.5 Å². The van der Waals surface area contributed by atoms with Crippen molar-refractivity contribution in [3.05, 3.63) is 35.6 Å². The van der Waals surface area contributed by atoms with Crippen molar-refractivity contribution in [1.82, 2.24) is 10.2 Å². The molecule has 0 radical (unpaired) electrons. The van der Waals surface area contributed by atoms with E-state index in [0.29, 0.717) is 6.04 Å². The van der Waals surface area contributed by atoms with E-state index < -0.39 is 0 Å². The summed E-state index contributed by atoms with van der Waals surface area (Å²) in [5, 5.41) is 3.79. The lowest BCUT2D eigenvalue weighted by atomic mass is 9.90. The predicted octanol–water partition coefficient (Wildman–Crippen LogP) is 3.22. The SMILES string of the molecule is CCC1CNC(C)(C2CC2)CN1CCc1cccc(F)c1. The zero-order chi connectivity index (χ0) is 14.9. The molecule has 2 atom stereocenters. The van der Waals surface area contributed by atoms with Crippen LogP contribution in [0, 0.1) is 11.7 Å². The van der Waals surface area contributed by atoms with Crippen LogP contribution in [0.4, 0.5) is 4.39 Å². The van der Waals surface area contributed by atoms with E-state index in [1.165, 1.54) is 25.3 Å². The highest BCUT2D eigenvalue weighted by Gasteiger charge is 2.45.